The summed E-state index contributed by atoms with van der Waals surface area (Å²) in [5.41, 5.74) is -0.0249. The van der Waals surface area contributed by atoms with Crippen LogP contribution in [0.1, 0.15) is 90.3 Å². The first kappa shape index (κ1) is 23.3. The summed E-state index contributed by atoms with van der Waals surface area (Å²) in [5, 5.41) is 12.9. The minimum absolute atomic E-state index is 0.0246. The van der Waals surface area contributed by atoms with Crippen LogP contribution in [0.2, 0.25) is 0 Å². The van der Waals surface area contributed by atoms with Crippen LogP contribution < -0.4 is 5.32 Å². The molecule has 6 heteroatoms. The lowest BCUT2D eigenvalue weighted by atomic mass is 9.84. The highest BCUT2D eigenvalue weighted by molar-refractivity contribution is 5.84. The number of esters is 1. The van der Waals surface area contributed by atoms with Gasteiger partial charge in [-0.2, -0.15) is 0 Å². The molecule has 1 fully saturated rings. The molecule has 0 radical (unpaired) electrons. The van der Waals surface area contributed by atoms with Gasteiger partial charge in [0.05, 0.1) is 6.42 Å². The Hall–Kier alpha value is -1.95. The van der Waals surface area contributed by atoms with Crippen LogP contribution in [0, 0.1) is 11.8 Å². The van der Waals surface area contributed by atoms with Gasteiger partial charge in [0.25, 0.3) is 0 Å². The molecule has 1 aliphatic rings. The Bertz CT molecular complexity index is 636. The van der Waals surface area contributed by atoms with E-state index in [-0.39, 0.29) is 18.3 Å². The van der Waals surface area contributed by atoms with Crippen LogP contribution in [0.25, 0.3) is 0 Å². The molecule has 2 atom stereocenters. The number of rotatable bonds is 9. The Labute approximate surface area is 174 Å². The zero-order chi connectivity index (χ0) is 21.3. The van der Waals surface area contributed by atoms with Gasteiger partial charge < -0.3 is 15.2 Å². The molecule has 1 amide bonds. The molecule has 0 bridgehead atoms. The summed E-state index contributed by atoms with van der Waals surface area (Å²) in [4.78, 5) is 29.1. The summed E-state index contributed by atoms with van der Waals surface area (Å²) in [6.07, 6.45) is 11.1. The predicted octanol–water partition coefficient (Wildman–Crippen LogP) is 4.29. The number of pyridine rings is 1. The highest BCUT2D eigenvalue weighted by atomic mass is 16.6. The van der Waals surface area contributed by atoms with Gasteiger partial charge >= 0.3 is 5.97 Å². The summed E-state index contributed by atoms with van der Waals surface area (Å²) in [6, 6.07) is 3.30. The molecule has 29 heavy (non-hydrogen) atoms. The fourth-order valence-electron chi connectivity index (χ4n) is 3.92. The Kier molecular flexibility index (Phi) is 9.08. The van der Waals surface area contributed by atoms with Crippen molar-refractivity contribution in [2.75, 3.05) is 0 Å². The molecule has 1 aromatic heterocycles. The molecule has 1 aromatic rings. The number of aliphatic hydroxyl groups is 1. The Balaban J connectivity index is 1.93. The molecule has 162 valence electrons. The third-order valence-electron chi connectivity index (χ3n) is 5.39. The molecule has 1 unspecified atom stereocenters. The van der Waals surface area contributed by atoms with E-state index in [1.54, 1.807) is 24.5 Å². The van der Waals surface area contributed by atoms with Crippen molar-refractivity contribution in [3.63, 3.8) is 0 Å². The van der Waals surface area contributed by atoms with E-state index in [0.717, 1.165) is 18.8 Å². The van der Waals surface area contributed by atoms with Crippen molar-refractivity contribution in [2.45, 2.75) is 90.4 Å². The largest absolute Gasteiger partial charge is 0.460 e. The zero-order valence-corrected chi connectivity index (χ0v) is 18.0. The minimum atomic E-state index is -1.12. The first-order valence-electron chi connectivity index (χ1n) is 10.8. The van der Waals surface area contributed by atoms with Crippen molar-refractivity contribution >= 4 is 11.9 Å². The fourth-order valence-corrected chi connectivity index (χ4v) is 3.92. The highest BCUT2D eigenvalue weighted by Gasteiger charge is 2.27. The number of nitrogens with one attached hydrogen (secondary N) is 1. The lowest BCUT2D eigenvalue weighted by Gasteiger charge is -2.24. The number of ether oxygens (including phenoxy) is 1. The lowest BCUT2D eigenvalue weighted by molar-refractivity contribution is -0.157. The van der Waals surface area contributed by atoms with E-state index in [2.05, 4.69) is 10.3 Å². The molecule has 0 spiro atoms. The topological polar surface area (TPSA) is 88.5 Å². The standard InChI is InChI=1S/C23H36N2O4/c1-23(2,3)29-20(26)16-19(11-7-10-17-8-5-4-6-9-17)22(28)25-21(27)18-12-14-24-15-13-18/h12-15,17,19,21,27H,4-11,16H2,1-3H3,(H,25,28)/t19-,21?/m1/s1. The van der Waals surface area contributed by atoms with Gasteiger partial charge in [-0.25, -0.2) is 0 Å². The van der Waals surface area contributed by atoms with Crippen LogP contribution in [0.15, 0.2) is 24.5 Å². The smallest absolute Gasteiger partial charge is 0.307 e. The molecule has 6 nitrogen and oxygen atoms in total. The number of amides is 1. The summed E-state index contributed by atoms with van der Waals surface area (Å²) in [7, 11) is 0. The third-order valence-corrected chi connectivity index (χ3v) is 5.39. The number of carbonyl (C=O) groups is 2. The second-order valence-electron chi connectivity index (χ2n) is 9.11. The molecule has 1 heterocycles. The number of nitrogens with zero attached hydrogens (tertiary/aromatic N) is 1. The van der Waals surface area contributed by atoms with Gasteiger partial charge in [-0.1, -0.05) is 44.9 Å². The Morgan fingerprint density at radius 3 is 2.48 bits per heavy atom. The van der Waals surface area contributed by atoms with Crippen LogP contribution in [0.4, 0.5) is 0 Å². The van der Waals surface area contributed by atoms with Gasteiger partial charge in [0.1, 0.15) is 5.60 Å². The molecule has 1 saturated carbocycles. The maximum Gasteiger partial charge on any atom is 0.307 e. The van der Waals surface area contributed by atoms with Gasteiger partial charge in [-0.3, -0.25) is 14.6 Å². The number of hydrogen-bond donors (Lipinski definition) is 2. The van der Waals surface area contributed by atoms with E-state index >= 15 is 0 Å². The van der Waals surface area contributed by atoms with E-state index in [1.165, 1.54) is 32.1 Å². The van der Waals surface area contributed by atoms with Gasteiger partial charge in [-0.05, 0) is 45.2 Å². The van der Waals surface area contributed by atoms with Crippen molar-refractivity contribution < 1.29 is 19.4 Å². The van der Waals surface area contributed by atoms with E-state index in [4.69, 9.17) is 4.74 Å². The molecule has 1 aliphatic carbocycles. The molecule has 2 rings (SSSR count). The van der Waals surface area contributed by atoms with Crippen LogP contribution in [-0.4, -0.2) is 27.6 Å². The zero-order valence-electron chi connectivity index (χ0n) is 18.0. The average Bonchev–Trinajstić information content (AvgIpc) is 2.67. The molecule has 0 saturated heterocycles. The number of hydrogen-bond acceptors (Lipinski definition) is 5. The van der Waals surface area contributed by atoms with Crippen LogP contribution in [0.3, 0.4) is 0 Å². The number of carbonyl (C=O) groups excluding carboxylic acids is 2. The summed E-state index contributed by atoms with van der Waals surface area (Å²) in [5.74, 6) is -0.473. The third kappa shape index (κ3) is 8.94. The van der Waals surface area contributed by atoms with Crippen molar-refractivity contribution in [2.24, 2.45) is 11.8 Å². The number of aromatic nitrogens is 1. The van der Waals surface area contributed by atoms with Gasteiger partial charge in [0.15, 0.2) is 6.23 Å². The van der Waals surface area contributed by atoms with Gasteiger partial charge in [0.2, 0.25) is 5.91 Å². The molecule has 0 aromatic carbocycles. The van der Waals surface area contributed by atoms with Crippen LogP contribution in [0.5, 0.6) is 0 Å². The van der Waals surface area contributed by atoms with Crippen LogP contribution in [-0.2, 0) is 14.3 Å². The molecular formula is C23H36N2O4. The predicted molar refractivity (Wildman–Crippen MR) is 112 cm³/mol. The SMILES string of the molecule is CC(C)(C)OC(=O)C[C@@H](CCCC1CCCCC1)C(=O)NC(O)c1ccncc1. The lowest BCUT2D eigenvalue weighted by Crippen LogP contribution is -2.36. The molecular weight excluding hydrogens is 368 g/mol. The van der Waals surface area contributed by atoms with Crippen molar-refractivity contribution in [3.8, 4) is 0 Å². The average molecular weight is 405 g/mol. The van der Waals surface area contributed by atoms with Crippen molar-refractivity contribution in [1.82, 2.24) is 10.3 Å². The monoisotopic (exact) mass is 404 g/mol. The maximum atomic E-state index is 12.8. The van der Waals surface area contributed by atoms with Gasteiger partial charge in [-0.15, -0.1) is 0 Å². The van der Waals surface area contributed by atoms with Crippen LogP contribution >= 0.6 is 0 Å². The fraction of sp³-hybridized carbons (Fsp3) is 0.696. The number of aliphatic hydroxyl groups excluding tert-OH is 1. The first-order valence-corrected chi connectivity index (χ1v) is 10.8. The molecule has 0 aliphatic heterocycles. The van der Waals surface area contributed by atoms with E-state index in [9.17, 15) is 14.7 Å². The second kappa shape index (κ2) is 11.3. The Morgan fingerprint density at radius 1 is 1.21 bits per heavy atom. The first-order chi connectivity index (χ1) is 13.7. The highest BCUT2D eigenvalue weighted by Crippen LogP contribution is 2.29. The summed E-state index contributed by atoms with van der Waals surface area (Å²) in [6.45, 7) is 5.45. The minimum Gasteiger partial charge on any atom is -0.460 e. The Morgan fingerprint density at radius 2 is 1.86 bits per heavy atom. The summed E-state index contributed by atoms with van der Waals surface area (Å²) >= 11 is 0. The maximum absolute atomic E-state index is 12.8. The normalized spacial score (nSPS) is 17.4. The van der Waals surface area contributed by atoms with Crippen molar-refractivity contribution in [3.05, 3.63) is 30.1 Å². The second-order valence-corrected chi connectivity index (χ2v) is 9.11. The van der Waals surface area contributed by atoms with Gasteiger partial charge in [0, 0.05) is 23.9 Å². The molecule has 2 N–H and O–H groups in total. The van der Waals surface area contributed by atoms with E-state index in [1.807, 2.05) is 20.8 Å². The van der Waals surface area contributed by atoms with E-state index in [0.29, 0.717) is 12.0 Å². The quantitative estimate of drug-likeness (QED) is 0.473. The van der Waals surface area contributed by atoms with E-state index < -0.39 is 17.7 Å². The summed E-state index contributed by atoms with van der Waals surface area (Å²) < 4.78 is 5.41. The van der Waals surface area contributed by atoms with Crippen molar-refractivity contribution in [1.29, 1.82) is 0 Å².